The summed E-state index contributed by atoms with van der Waals surface area (Å²) in [6.45, 7) is 3.97. The second kappa shape index (κ2) is 8.05. The van der Waals surface area contributed by atoms with Crippen LogP contribution in [-0.4, -0.2) is 23.0 Å². The molecular weight excluding hydrogens is 364 g/mol. The number of nitrogens with zero attached hydrogens (tertiary/aromatic N) is 2. The predicted molar refractivity (Wildman–Crippen MR) is 107 cm³/mol. The molecule has 0 aliphatic heterocycles. The highest BCUT2D eigenvalue weighted by Gasteiger charge is 2.09. The molecule has 1 amide bonds. The molecule has 1 aromatic heterocycles. The van der Waals surface area contributed by atoms with Gasteiger partial charge in [-0.3, -0.25) is 4.79 Å². The fourth-order valence-corrected chi connectivity index (χ4v) is 2.89. The third kappa shape index (κ3) is 4.74. The van der Waals surface area contributed by atoms with Gasteiger partial charge in [0.2, 0.25) is 5.95 Å². The first kappa shape index (κ1) is 18.7. The molecule has 2 aromatic carbocycles. The van der Waals surface area contributed by atoms with E-state index in [9.17, 15) is 4.79 Å². The minimum absolute atomic E-state index is 0.265. The number of nitrogens with one attached hydrogen (secondary N) is 2. The smallest absolute Gasteiger partial charge is 0.258 e. The summed E-state index contributed by atoms with van der Waals surface area (Å²) in [4.78, 5) is 20.8. The Morgan fingerprint density at radius 2 is 1.67 bits per heavy atom. The number of methoxy groups -OCH3 is 1. The number of aromatic nitrogens is 2. The lowest BCUT2D eigenvalue weighted by Crippen LogP contribution is -2.13. The van der Waals surface area contributed by atoms with Gasteiger partial charge in [-0.2, -0.15) is 0 Å². The van der Waals surface area contributed by atoms with Crippen LogP contribution < -0.4 is 15.4 Å². The quantitative estimate of drug-likeness (QED) is 0.665. The summed E-state index contributed by atoms with van der Waals surface area (Å²) in [6, 6.07) is 11.1. The Bertz CT molecular complexity index is 954. The van der Waals surface area contributed by atoms with E-state index in [0.29, 0.717) is 28.0 Å². The van der Waals surface area contributed by atoms with Gasteiger partial charge in [-0.25, -0.2) is 9.97 Å². The second-order valence-electron chi connectivity index (χ2n) is 6.10. The van der Waals surface area contributed by atoms with E-state index in [1.807, 2.05) is 32.0 Å². The van der Waals surface area contributed by atoms with Crippen LogP contribution in [0, 0.1) is 13.8 Å². The lowest BCUT2D eigenvalue weighted by Gasteiger charge is -2.09. The zero-order valence-corrected chi connectivity index (χ0v) is 16.0. The molecule has 2 N–H and O–H groups in total. The molecule has 1 heterocycles. The molecule has 0 aliphatic carbocycles. The van der Waals surface area contributed by atoms with Crippen LogP contribution in [0.25, 0.3) is 0 Å². The number of benzene rings is 2. The summed E-state index contributed by atoms with van der Waals surface area (Å²) >= 11 is 6.10. The second-order valence-corrected chi connectivity index (χ2v) is 6.51. The molecule has 0 atom stereocenters. The lowest BCUT2D eigenvalue weighted by molar-refractivity contribution is 0.102. The Balaban J connectivity index is 1.69. The van der Waals surface area contributed by atoms with Gasteiger partial charge in [0.25, 0.3) is 5.91 Å². The van der Waals surface area contributed by atoms with Gasteiger partial charge < -0.3 is 15.4 Å². The maximum Gasteiger partial charge on any atom is 0.258 e. The molecule has 7 heteroatoms. The van der Waals surface area contributed by atoms with Crippen LogP contribution in [0.3, 0.4) is 0 Å². The van der Waals surface area contributed by atoms with Crippen LogP contribution in [0.2, 0.25) is 5.02 Å². The van der Waals surface area contributed by atoms with Gasteiger partial charge in [-0.15, -0.1) is 0 Å². The van der Waals surface area contributed by atoms with Gasteiger partial charge in [-0.1, -0.05) is 17.7 Å². The molecule has 138 valence electrons. The van der Waals surface area contributed by atoms with Crippen molar-refractivity contribution in [2.75, 3.05) is 17.7 Å². The highest BCUT2D eigenvalue weighted by atomic mass is 35.5. The number of ether oxygens (including phenoxy) is 1. The first-order valence-corrected chi connectivity index (χ1v) is 8.64. The number of hydrogen-bond donors (Lipinski definition) is 2. The largest absolute Gasteiger partial charge is 0.495 e. The minimum Gasteiger partial charge on any atom is -0.495 e. The molecule has 0 saturated heterocycles. The topological polar surface area (TPSA) is 76.1 Å². The Labute approximate surface area is 162 Å². The van der Waals surface area contributed by atoms with Crippen LogP contribution in [0.15, 0.2) is 48.8 Å². The fourth-order valence-electron chi connectivity index (χ4n) is 2.63. The number of rotatable bonds is 5. The van der Waals surface area contributed by atoms with E-state index in [0.717, 1.165) is 16.8 Å². The first-order valence-electron chi connectivity index (χ1n) is 8.27. The van der Waals surface area contributed by atoms with Gasteiger partial charge >= 0.3 is 0 Å². The van der Waals surface area contributed by atoms with Crippen LogP contribution in [-0.2, 0) is 0 Å². The van der Waals surface area contributed by atoms with Crippen LogP contribution in [0.1, 0.15) is 21.5 Å². The van der Waals surface area contributed by atoms with Gasteiger partial charge in [0.05, 0.1) is 17.7 Å². The maximum absolute atomic E-state index is 12.4. The number of anilines is 3. The van der Waals surface area contributed by atoms with Crippen LogP contribution >= 0.6 is 11.6 Å². The van der Waals surface area contributed by atoms with E-state index in [2.05, 4.69) is 20.6 Å². The number of halogens is 1. The molecule has 3 aromatic rings. The molecule has 0 saturated carbocycles. The molecule has 6 nitrogen and oxygen atoms in total. The van der Waals surface area contributed by atoms with Gasteiger partial charge in [0, 0.05) is 23.8 Å². The third-order valence-electron chi connectivity index (χ3n) is 3.80. The van der Waals surface area contributed by atoms with Gasteiger partial charge in [0.15, 0.2) is 0 Å². The molecule has 0 spiro atoms. The summed E-state index contributed by atoms with van der Waals surface area (Å²) in [5.74, 6) is 0.680. The molecule has 0 fully saturated rings. The molecule has 0 aliphatic rings. The zero-order valence-electron chi connectivity index (χ0n) is 15.2. The molecule has 0 bridgehead atoms. The van der Waals surface area contributed by atoms with E-state index in [1.165, 1.54) is 12.4 Å². The van der Waals surface area contributed by atoms with E-state index in [-0.39, 0.29) is 5.91 Å². The van der Waals surface area contributed by atoms with Crippen molar-refractivity contribution in [2.45, 2.75) is 13.8 Å². The number of carbonyl (C=O) groups is 1. The SMILES string of the molecule is COc1ccc(Nc2ncc(C(=O)Nc3cc(C)cc(C)c3)cn2)cc1Cl. The molecule has 0 radical (unpaired) electrons. The number of aryl methyl sites for hydroxylation is 2. The summed E-state index contributed by atoms with van der Waals surface area (Å²) in [5.41, 5.74) is 3.99. The Kier molecular flexibility index (Phi) is 5.57. The molecule has 27 heavy (non-hydrogen) atoms. The van der Waals surface area contributed by atoms with E-state index in [1.54, 1.807) is 25.3 Å². The highest BCUT2D eigenvalue weighted by Crippen LogP contribution is 2.28. The summed E-state index contributed by atoms with van der Waals surface area (Å²) in [6.07, 6.45) is 2.94. The van der Waals surface area contributed by atoms with Crippen LogP contribution in [0.4, 0.5) is 17.3 Å². The van der Waals surface area contributed by atoms with Crippen molar-refractivity contribution >= 4 is 34.8 Å². The zero-order chi connectivity index (χ0) is 19.4. The molecular formula is C20H19ClN4O2. The predicted octanol–water partition coefficient (Wildman–Crippen LogP) is 4.75. The van der Waals surface area contributed by atoms with Crippen molar-refractivity contribution in [1.29, 1.82) is 0 Å². The number of amides is 1. The van der Waals surface area contributed by atoms with Crippen molar-refractivity contribution in [3.8, 4) is 5.75 Å². The van der Waals surface area contributed by atoms with Gasteiger partial charge in [-0.05, 0) is 55.3 Å². The summed E-state index contributed by atoms with van der Waals surface area (Å²) in [5, 5.41) is 6.37. The average Bonchev–Trinajstić information content (AvgIpc) is 2.61. The highest BCUT2D eigenvalue weighted by molar-refractivity contribution is 6.32. The monoisotopic (exact) mass is 382 g/mol. The van der Waals surface area contributed by atoms with Crippen molar-refractivity contribution in [1.82, 2.24) is 9.97 Å². The van der Waals surface area contributed by atoms with Crippen molar-refractivity contribution in [3.63, 3.8) is 0 Å². The standard InChI is InChI=1S/C20H19ClN4O2/c1-12-6-13(2)8-16(7-12)24-19(26)14-10-22-20(23-11-14)25-15-4-5-18(27-3)17(21)9-15/h4-11H,1-3H3,(H,24,26)(H,22,23,25). The Morgan fingerprint density at radius 3 is 2.26 bits per heavy atom. The van der Waals surface area contributed by atoms with E-state index in [4.69, 9.17) is 16.3 Å². The summed E-state index contributed by atoms with van der Waals surface area (Å²) < 4.78 is 5.12. The number of carbonyl (C=O) groups excluding carboxylic acids is 1. The third-order valence-corrected chi connectivity index (χ3v) is 4.10. The van der Waals surface area contributed by atoms with E-state index >= 15 is 0 Å². The van der Waals surface area contributed by atoms with Crippen LogP contribution in [0.5, 0.6) is 5.75 Å². The average molecular weight is 383 g/mol. The lowest BCUT2D eigenvalue weighted by atomic mass is 10.1. The van der Waals surface area contributed by atoms with Crippen molar-refractivity contribution < 1.29 is 9.53 Å². The Morgan fingerprint density at radius 1 is 1.00 bits per heavy atom. The van der Waals surface area contributed by atoms with Gasteiger partial charge in [0.1, 0.15) is 5.75 Å². The minimum atomic E-state index is -0.265. The van der Waals surface area contributed by atoms with E-state index < -0.39 is 0 Å². The molecule has 3 rings (SSSR count). The summed E-state index contributed by atoms with van der Waals surface area (Å²) in [7, 11) is 1.55. The fraction of sp³-hybridized carbons (Fsp3) is 0.150. The maximum atomic E-state index is 12.4. The first-order chi connectivity index (χ1) is 12.9. The van der Waals surface area contributed by atoms with Crippen molar-refractivity contribution in [3.05, 3.63) is 70.5 Å². The number of hydrogen-bond acceptors (Lipinski definition) is 5. The molecule has 0 unspecified atom stereocenters. The normalized spacial score (nSPS) is 10.4. The van der Waals surface area contributed by atoms with Crippen molar-refractivity contribution in [2.24, 2.45) is 0 Å². The Hall–Kier alpha value is -3.12.